The quantitative estimate of drug-likeness (QED) is 0.619. The van der Waals surface area contributed by atoms with E-state index in [1.165, 1.54) is 29.5 Å². The van der Waals surface area contributed by atoms with Crippen LogP contribution in [-0.4, -0.2) is 26.7 Å². The summed E-state index contributed by atoms with van der Waals surface area (Å²) in [5.74, 6) is 0. The van der Waals surface area contributed by atoms with E-state index in [9.17, 15) is 10.1 Å². The monoisotopic (exact) mass is 219 g/mol. The maximum Gasteiger partial charge on any atom is 0.273 e. The minimum atomic E-state index is -0.443. The van der Waals surface area contributed by atoms with Crippen LogP contribution in [0.4, 0.5) is 11.4 Å². The summed E-state index contributed by atoms with van der Waals surface area (Å²) in [7, 11) is 1.70. The van der Waals surface area contributed by atoms with Crippen LogP contribution in [0.5, 0.6) is 0 Å². The van der Waals surface area contributed by atoms with Gasteiger partial charge in [0.1, 0.15) is 12.7 Å². The van der Waals surface area contributed by atoms with E-state index in [1.807, 2.05) is 0 Å². The molecule has 0 spiro atoms. The van der Waals surface area contributed by atoms with Gasteiger partial charge in [0.15, 0.2) is 0 Å². The summed E-state index contributed by atoms with van der Waals surface area (Å²) in [4.78, 5) is 14.1. The molecule has 0 aliphatic carbocycles. The van der Waals surface area contributed by atoms with E-state index in [2.05, 4.69) is 15.4 Å². The zero-order chi connectivity index (χ0) is 11.5. The lowest BCUT2D eigenvalue weighted by molar-refractivity contribution is -0.384. The fraction of sp³-hybridized carbons (Fsp3) is 0.111. The molecule has 0 aliphatic rings. The average Bonchev–Trinajstić information content (AvgIpc) is 2.81. The lowest BCUT2D eigenvalue weighted by Gasteiger charge is -2.04. The van der Waals surface area contributed by atoms with Crippen molar-refractivity contribution < 1.29 is 4.92 Å². The molecule has 0 saturated carbocycles. The average molecular weight is 219 g/mol. The second kappa shape index (κ2) is 3.97. The second-order valence-electron chi connectivity index (χ2n) is 3.09. The maximum absolute atomic E-state index is 10.7. The highest BCUT2D eigenvalue weighted by Gasteiger charge is 2.10. The van der Waals surface area contributed by atoms with Crippen molar-refractivity contribution in [3.63, 3.8) is 0 Å². The first-order valence-electron chi connectivity index (χ1n) is 4.53. The molecule has 0 unspecified atom stereocenters. The summed E-state index contributed by atoms with van der Waals surface area (Å²) < 4.78 is 1.47. The van der Waals surface area contributed by atoms with Crippen LogP contribution in [0, 0.1) is 10.1 Å². The van der Waals surface area contributed by atoms with Gasteiger partial charge in [-0.1, -0.05) is 0 Å². The Morgan fingerprint density at radius 1 is 1.44 bits per heavy atom. The summed E-state index contributed by atoms with van der Waals surface area (Å²) in [6, 6.07) is 4.65. The molecule has 1 heterocycles. The molecular weight excluding hydrogens is 210 g/mol. The fourth-order valence-corrected chi connectivity index (χ4v) is 1.32. The molecule has 0 saturated heterocycles. The van der Waals surface area contributed by atoms with Crippen molar-refractivity contribution in [3.8, 4) is 5.69 Å². The van der Waals surface area contributed by atoms with Crippen LogP contribution in [0.25, 0.3) is 5.69 Å². The third kappa shape index (κ3) is 1.83. The Kier molecular flexibility index (Phi) is 2.50. The molecule has 1 N–H and O–H groups in total. The zero-order valence-corrected chi connectivity index (χ0v) is 8.49. The number of aromatic nitrogens is 3. The summed E-state index contributed by atoms with van der Waals surface area (Å²) in [5.41, 5.74) is 1.26. The van der Waals surface area contributed by atoms with Crippen LogP contribution in [-0.2, 0) is 0 Å². The van der Waals surface area contributed by atoms with Gasteiger partial charge in [-0.2, -0.15) is 5.10 Å². The van der Waals surface area contributed by atoms with Gasteiger partial charge in [-0.25, -0.2) is 9.67 Å². The first kappa shape index (κ1) is 10.1. The SMILES string of the molecule is CNc1cc(-n2cncn2)cc([N+](=O)[O-])c1. The maximum atomic E-state index is 10.7. The lowest BCUT2D eigenvalue weighted by Crippen LogP contribution is -1.99. The standard InChI is InChI=1S/C9H9N5O2/c1-10-7-2-8(13-6-11-5-12-13)4-9(3-7)14(15)16/h2-6,10H,1H3. The highest BCUT2D eigenvalue weighted by atomic mass is 16.6. The molecule has 0 bridgehead atoms. The van der Waals surface area contributed by atoms with Gasteiger partial charge in [-0.15, -0.1) is 0 Å². The van der Waals surface area contributed by atoms with E-state index in [0.717, 1.165) is 0 Å². The largest absolute Gasteiger partial charge is 0.388 e. The smallest absolute Gasteiger partial charge is 0.273 e. The van der Waals surface area contributed by atoms with E-state index in [0.29, 0.717) is 11.4 Å². The van der Waals surface area contributed by atoms with E-state index in [4.69, 9.17) is 0 Å². The molecule has 0 amide bonds. The number of rotatable bonds is 3. The number of nitro benzene ring substituents is 1. The Hall–Kier alpha value is -2.44. The fourth-order valence-electron chi connectivity index (χ4n) is 1.32. The molecule has 82 valence electrons. The summed E-state index contributed by atoms with van der Waals surface area (Å²) in [6.45, 7) is 0. The van der Waals surface area contributed by atoms with E-state index in [1.54, 1.807) is 13.1 Å². The van der Waals surface area contributed by atoms with Crippen LogP contribution in [0.15, 0.2) is 30.9 Å². The van der Waals surface area contributed by atoms with Gasteiger partial charge >= 0.3 is 0 Å². The van der Waals surface area contributed by atoms with Crippen molar-refractivity contribution in [2.45, 2.75) is 0 Å². The number of benzene rings is 1. The minimum Gasteiger partial charge on any atom is -0.388 e. The molecule has 16 heavy (non-hydrogen) atoms. The Balaban J connectivity index is 2.53. The molecule has 2 aromatic rings. The van der Waals surface area contributed by atoms with Crippen molar-refractivity contribution in [2.24, 2.45) is 0 Å². The minimum absolute atomic E-state index is 0.0114. The first-order chi connectivity index (χ1) is 7.70. The van der Waals surface area contributed by atoms with Gasteiger partial charge in [0.25, 0.3) is 5.69 Å². The molecule has 0 radical (unpaired) electrons. The van der Waals surface area contributed by atoms with Crippen molar-refractivity contribution in [1.82, 2.24) is 14.8 Å². The van der Waals surface area contributed by atoms with E-state index in [-0.39, 0.29) is 5.69 Å². The number of hydrogen-bond donors (Lipinski definition) is 1. The molecule has 0 fully saturated rings. The van der Waals surface area contributed by atoms with E-state index >= 15 is 0 Å². The topological polar surface area (TPSA) is 85.9 Å². The Morgan fingerprint density at radius 3 is 2.81 bits per heavy atom. The van der Waals surface area contributed by atoms with Crippen molar-refractivity contribution in [2.75, 3.05) is 12.4 Å². The van der Waals surface area contributed by atoms with Crippen LogP contribution >= 0.6 is 0 Å². The van der Waals surface area contributed by atoms with Gasteiger partial charge in [-0.05, 0) is 6.07 Å². The van der Waals surface area contributed by atoms with Crippen LogP contribution < -0.4 is 5.32 Å². The van der Waals surface area contributed by atoms with Gasteiger partial charge in [0, 0.05) is 24.9 Å². The summed E-state index contributed by atoms with van der Waals surface area (Å²) >= 11 is 0. The summed E-state index contributed by atoms with van der Waals surface area (Å²) in [6.07, 6.45) is 2.86. The predicted molar refractivity (Wildman–Crippen MR) is 57.6 cm³/mol. The third-order valence-electron chi connectivity index (χ3n) is 2.09. The predicted octanol–water partition coefficient (Wildman–Crippen LogP) is 1.22. The number of nitro groups is 1. The lowest BCUT2D eigenvalue weighted by atomic mass is 10.2. The third-order valence-corrected chi connectivity index (χ3v) is 2.09. The van der Waals surface area contributed by atoms with Crippen molar-refractivity contribution >= 4 is 11.4 Å². The number of nitrogens with one attached hydrogen (secondary N) is 1. The van der Waals surface area contributed by atoms with E-state index < -0.39 is 4.92 Å². The van der Waals surface area contributed by atoms with Crippen molar-refractivity contribution in [3.05, 3.63) is 41.0 Å². The Labute approximate surface area is 90.9 Å². The molecule has 0 atom stereocenters. The first-order valence-corrected chi connectivity index (χ1v) is 4.53. The molecule has 2 rings (SSSR count). The number of non-ortho nitro benzene ring substituents is 1. The van der Waals surface area contributed by atoms with Crippen LogP contribution in [0.2, 0.25) is 0 Å². The highest BCUT2D eigenvalue weighted by molar-refractivity contribution is 5.58. The molecule has 1 aromatic heterocycles. The number of hydrogen-bond acceptors (Lipinski definition) is 5. The number of nitrogens with zero attached hydrogens (tertiary/aromatic N) is 4. The summed E-state index contributed by atoms with van der Waals surface area (Å²) in [5, 5.41) is 17.5. The van der Waals surface area contributed by atoms with Gasteiger partial charge in [0.2, 0.25) is 0 Å². The normalized spacial score (nSPS) is 10.1. The molecular formula is C9H9N5O2. The molecule has 1 aromatic carbocycles. The van der Waals surface area contributed by atoms with Crippen LogP contribution in [0.1, 0.15) is 0 Å². The Bertz CT molecular complexity index is 509. The molecule has 7 heteroatoms. The number of anilines is 1. The van der Waals surface area contributed by atoms with Gasteiger partial charge in [-0.3, -0.25) is 10.1 Å². The zero-order valence-electron chi connectivity index (χ0n) is 8.49. The van der Waals surface area contributed by atoms with Crippen LogP contribution in [0.3, 0.4) is 0 Å². The second-order valence-corrected chi connectivity index (χ2v) is 3.09. The highest BCUT2D eigenvalue weighted by Crippen LogP contribution is 2.22. The molecule has 0 aliphatic heterocycles. The van der Waals surface area contributed by atoms with Gasteiger partial charge in [0.05, 0.1) is 10.6 Å². The van der Waals surface area contributed by atoms with Crippen molar-refractivity contribution in [1.29, 1.82) is 0 Å². The Morgan fingerprint density at radius 2 is 2.25 bits per heavy atom. The van der Waals surface area contributed by atoms with Gasteiger partial charge < -0.3 is 5.32 Å². The molecule has 7 nitrogen and oxygen atoms in total.